The molecule has 0 N–H and O–H groups in total. The van der Waals surface area contributed by atoms with E-state index in [2.05, 4.69) is 12.6 Å². The summed E-state index contributed by atoms with van der Waals surface area (Å²) in [7, 11) is 0. The van der Waals surface area contributed by atoms with Gasteiger partial charge in [-0.1, -0.05) is 25.8 Å². The van der Waals surface area contributed by atoms with Crippen LogP contribution in [0.25, 0.3) is 0 Å². The highest BCUT2D eigenvalue weighted by Crippen LogP contribution is 2.28. The third kappa shape index (κ3) is 5.51. The molecule has 0 aliphatic rings. The van der Waals surface area contributed by atoms with Gasteiger partial charge in [0.05, 0.1) is 11.5 Å². The zero-order valence-corrected chi connectivity index (χ0v) is 12.2. The lowest BCUT2D eigenvalue weighted by molar-refractivity contribution is -0.385. The van der Waals surface area contributed by atoms with E-state index in [0.717, 1.165) is 43.4 Å². The number of nitrogens with zero attached hydrogens (tertiary/aromatic N) is 1. The highest BCUT2D eigenvalue weighted by molar-refractivity contribution is 7.80. The molecule has 5 heteroatoms. The lowest BCUT2D eigenvalue weighted by Crippen LogP contribution is -2.01. The van der Waals surface area contributed by atoms with Gasteiger partial charge in [-0.2, -0.15) is 12.6 Å². The molecule has 0 aliphatic heterocycles. The Morgan fingerprint density at radius 2 is 2.00 bits per heavy atom. The summed E-state index contributed by atoms with van der Waals surface area (Å²) in [5, 5.41) is 11.0. The van der Waals surface area contributed by atoms with Crippen LogP contribution in [0.3, 0.4) is 0 Å². The van der Waals surface area contributed by atoms with Crippen molar-refractivity contribution in [3.05, 3.63) is 33.9 Å². The second-order valence-electron chi connectivity index (χ2n) is 4.40. The van der Waals surface area contributed by atoms with Crippen LogP contribution in [0.1, 0.15) is 38.2 Å². The van der Waals surface area contributed by atoms with Crippen LogP contribution in [0.5, 0.6) is 5.75 Å². The van der Waals surface area contributed by atoms with Gasteiger partial charge in [0.1, 0.15) is 0 Å². The number of hydrogen-bond donors (Lipinski definition) is 1. The van der Waals surface area contributed by atoms with Crippen LogP contribution >= 0.6 is 12.6 Å². The van der Waals surface area contributed by atoms with Crippen LogP contribution < -0.4 is 4.74 Å². The minimum Gasteiger partial charge on any atom is -0.487 e. The predicted octanol–water partition coefficient (Wildman–Crippen LogP) is 4.03. The van der Waals surface area contributed by atoms with Gasteiger partial charge in [0.2, 0.25) is 0 Å². The fourth-order valence-electron chi connectivity index (χ4n) is 1.80. The molecular weight excluding hydrogens is 262 g/mol. The standard InChI is InChI=1S/C14H21NO3S/c1-2-12-7-8-14(13(11-12)15(16)17)18-9-5-3-4-6-10-19/h7-8,11,19H,2-6,9-10H2,1H3. The Labute approximate surface area is 119 Å². The van der Waals surface area contributed by atoms with Crippen molar-refractivity contribution in [2.45, 2.75) is 39.0 Å². The number of nitro benzene ring substituents is 1. The second-order valence-corrected chi connectivity index (χ2v) is 4.85. The van der Waals surface area contributed by atoms with Gasteiger partial charge in [-0.05, 0) is 36.6 Å². The summed E-state index contributed by atoms with van der Waals surface area (Å²) in [5.74, 6) is 1.28. The molecule has 0 bridgehead atoms. The lowest BCUT2D eigenvalue weighted by Gasteiger charge is -2.07. The van der Waals surface area contributed by atoms with E-state index in [-0.39, 0.29) is 10.6 Å². The molecule has 1 aromatic carbocycles. The number of benzene rings is 1. The van der Waals surface area contributed by atoms with Crippen LogP contribution in [-0.4, -0.2) is 17.3 Å². The van der Waals surface area contributed by atoms with Gasteiger partial charge in [-0.3, -0.25) is 10.1 Å². The van der Waals surface area contributed by atoms with Crippen molar-refractivity contribution in [2.24, 2.45) is 0 Å². The molecule has 0 saturated heterocycles. The second kappa shape index (κ2) is 8.80. The number of aryl methyl sites for hydroxylation is 1. The van der Waals surface area contributed by atoms with Crippen LogP contribution in [0.2, 0.25) is 0 Å². The number of hydrogen-bond acceptors (Lipinski definition) is 4. The molecule has 0 amide bonds. The first-order chi connectivity index (χ1) is 9.19. The number of rotatable bonds is 9. The zero-order valence-electron chi connectivity index (χ0n) is 11.3. The van der Waals surface area contributed by atoms with Gasteiger partial charge in [0.15, 0.2) is 5.75 Å². The molecule has 0 aliphatic carbocycles. The highest BCUT2D eigenvalue weighted by atomic mass is 32.1. The maximum atomic E-state index is 11.0. The fourth-order valence-corrected chi connectivity index (χ4v) is 2.02. The van der Waals surface area contributed by atoms with E-state index in [1.807, 2.05) is 13.0 Å². The van der Waals surface area contributed by atoms with E-state index in [0.29, 0.717) is 12.4 Å². The van der Waals surface area contributed by atoms with Crippen LogP contribution in [-0.2, 0) is 6.42 Å². The molecule has 19 heavy (non-hydrogen) atoms. The predicted molar refractivity (Wildman–Crippen MR) is 80.3 cm³/mol. The largest absolute Gasteiger partial charge is 0.487 e. The Morgan fingerprint density at radius 3 is 2.63 bits per heavy atom. The third-order valence-electron chi connectivity index (χ3n) is 2.94. The van der Waals surface area contributed by atoms with E-state index in [1.165, 1.54) is 0 Å². The van der Waals surface area contributed by atoms with Crippen molar-refractivity contribution in [3.63, 3.8) is 0 Å². The summed E-state index contributed by atoms with van der Waals surface area (Å²) in [6.07, 6.45) is 5.00. The van der Waals surface area contributed by atoms with E-state index in [4.69, 9.17) is 4.74 Å². The molecule has 0 aromatic heterocycles. The minimum absolute atomic E-state index is 0.0645. The van der Waals surface area contributed by atoms with Crippen LogP contribution in [0, 0.1) is 10.1 Å². The monoisotopic (exact) mass is 283 g/mol. The van der Waals surface area contributed by atoms with Crippen molar-refractivity contribution in [3.8, 4) is 5.75 Å². The summed E-state index contributed by atoms with van der Waals surface area (Å²) < 4.78 is 5.52. The molecule has 0 atom stereocenters. The molecule has 0 spiro atoms. The number of thiol groups is 1. The maximum absolute atomic E-state index is 11.0. The third-order valence-corrected chi connectivity index (χ3v) is 3.25. The molecule has 0 heterocycles. The van der Waals surface area contributed by atoms with Gasteiger partial charge < -0.3 is 4.74 Å². The van der Waals surface area contributed by atoms with E-state index >= 15 is 0 Å². The van der Waals surface area contributed by atoms with E-state index in [1.54, 1.807) is 12.1 Å². The van der Waals surface area contributed by atoms with Gasteiger partial charge in [0, 0.05) is 6.07 Å². The Bertz CT molecular complexity index is 410. The van der Waals surface area contributed by atoms with Gasteiger partial charge in [-0.15, -0.1) is 0 Å². The summed E-state index contributed by atoms with van der Waals surface area (Å²) in [5.41, 5.74) is 1.02. The smallest absolute Gasteiger partial charge is 0.311 e. The number of ether oxygens (including phenoxy) is 1. The summed E-state index contributed by atoms with van der Waals surface area (Å²) in [6.45, 7) is 2.50. The topological polar surface area (TPSA) is 52.4 Å². The average Bonchev–Trinajstić information content (AvgIpc) is 2.42. The first kappa shape index (κ1) is 15.8. The quantitative estimate of drug-likeness (QED) is 0.322. The SMILES string of the molecule is CCc1ccc(OCCCCCCS)c([N+](=O)[O-])c1. The van der Waals surface area contributed by atoms with Crippen molar-refractivity contribution in [1.29, 1.82) is 0 Å². The Hall–Kier alpha value is -1.23. The summed E-state index contributed by atoms with van der Waals surface area (Å²) in [4.78, 5) is 10.6. The Kier molecular flexibility index (Phi) is 7.33. The average molecular weight is 283 g/mol. The summed E-state index contributed by atoms with van der Waals surface area (Å²) in [6, 6.07) is 5.17. The lowest BCUT2D eigenvalue weighted by atomic mass is 10.1. The molecule has 0 unspecified atom stereocenters. The number of nitro groups is 1. The molecule has 1 rings (SSSR count). The summed E-state index contributed by atoms with van der Waals surface area (Å²) >= 11 is 4.15. The minimum atomic E-state index is -0.380. The normalized spacial score (nSPS) is 10.4. The van der Waals surface area contributed by atoms with Crippen molar-refractivity contribution in [2.75, 3.05) is 12.4 Å². The molecule has 106 valence electrons. The molecule has 0 radical (unpaired) electrons. The van der Waals surface area contributed by atoms with Crippen LogP contribution in [0.15, 0.2) is 18.2 Å². The maximum Gasteiger partial charge on any atom is 0.311 e. The molecule has 1 aromatic rings. The fraction of sp³-hybridized carbons (Fsp3) is 0.571. The van der Waals surface area contributed by atoms with Gasteiger partial charge in [0.25, 0.3) is 0 Å². The van der Waals surface area contributed by atoms with E-state index in [9.17, 15) is 10.1 Å². The van der Waals surface area contributed by atoms with Crippen molar-refractivity contribution >= 4 is 18.3 Å². The zero-order chi connectivity index (χ0) is 14.1. The molecular formula is C14H21NO3S. The highest BCUT2D eigenvalue weighted by Gasteiger charge is 2.15. The molecule has 0 saturated carbocycles. The van der Waals surface area contributed by atoms with Gasteiger partial charge in [-0.25, -0.2) is 0 Å². The van der Waals surface area contributed by atoms with Gasteiger partial charge >= 0.3 is 5.69 Å². The van der Waals surface area contributed by atoms with Crippen molar-refractivity contribution < 1.29 is 9.66 Å². The first-order valence-electron chi connectivity index (χ1n) is 6.70. The molecule has 0 fully saturated rings. The Morgan fingerprint density at radius 1 is 1.26 bits per heavy atom. The Balaban J connectivity index is 2.50. The van der Waals surface area contributed by atoms with Crippen molar-refractivity contribution in [1.82, 2.24) is 0 Å². The molecule has 4 nitrogen and oxygen atoms in total. The first-order valence-corrected chi connectivity index (χ1v) is 7.33. The van der Waals surface area contributed by atoms with E-state index < -0.39 is 0 Å². The number of unbranched alkanes of at least 4 members (excludes halogenated alkanes) is 3. The van der Waals surface area contributed by atoms with Crippen LogP contribution in [0.4, 0.5) is 5.69 Å².